The van der Waals surface area contributed by atoms with E-state index in [-0.39, 0.29) is 17.5 Å². The maximum absolute atomic E-state index is 11.4. The zero-order chi connectivity index (χ0) is 13.9. The number of sulfone groups is 1. The first kappa shape index (κ1) is 14.0. The van der Waals surface area contributed by atoms with Crippen LogP contribution in [0.2, 0.25) is 0 Å². The molecule has 2 unspecified atom stereocenters. The number of aliphatic carboxylic acids is 1. The van der Waals surface area contributed by atoms with Gasteiger partial charge in [-0.25, -0.2) is 8.42 Å². The predicted molar refractivity (Wildman–Crippen MR) is 71.8 cm³/mol. The van der Waals surface area contributed by atoms with Crippen molar-refractivity contribution in [2.45, 2.75) is 24.9 Å². The molecule has 0 bridgehead atoms. The largest absolute Gasteiger partial charge is 0.480 e. The molecule has 2 rings (SSSR count). The van der Waals surface area contributed by atoms with E-state index in [0.717, 1.165) is 5.56 Å². The standard InChI is InChI=1S/C13H17NO4S/c15-13(16)12(8-10-4-2-1-3-5-10)14-11-6-7-19(17,18)9-11/h1-5,11-12,14H,6-9H2,(H,15,16). The lowest BCUT2D eigenvalue weighted by Crippen LogP contribution is -2.45. The number of hydrogen-bond donors (Lipinski definition) is 2. The fourth-order valence-electron chi connectivity index (χ4n) is 2.28. The van der Waals surface area contributed by atoms with Crippen molar-refractivity contribution in [2.24, 2.45) is 0 Å². The van der Waals surface area contributed by atoms with Gasteiger partial charge < -0.3 is 10.4 Å². The van der Waals surface area contributed by atoms with Gasteiger partial charge in [-0.15, -0.1) is 0 Å². The number of carbonyl (C=O) groups is 1. The predicted octanol–water partition coefficient (Wildman–Crippen LogP) is 0.459. The Morgan fingerprint density at radius 1 is 1.37 bits per heavy atom. The Morgan fingerprint density at radius 3 is 2.58 bits per heavy atom. The summed E-state index contributed by atoms with van der Waals surface area (Å²) >= 11 is 0. The van der Waals surface area contributed by atoms with Gasteiger partial charge in [0.05, 0.1) is 11.5 Å². The van der Waals surface area contributed by atoms with E-state index in [9.17, 15) is 18.3 Å². The van der Waals surface area contributed by atoms with Crippen LogP contribution in [0.5, 0.6) is 0 Å². The van der Waals surface area contributed by atoms with E-state index in [2.05, 4.69) is 5.32 Å². The van der Waals surface area contributed by atoms with Gasteiger partial charge in [-0.05, 0) is 18.4 Å². The van der Waals surface area contributed by atoms with Gasteiger partial charge in [-0.1, -0.05) is 30.3 Å². The van der Waals surface area contributed by atoms with E-state index in [1.807, 2.05) is 30.3 Å². The van der Waals surface area contributed by atoms with Crippen molar-refractivity contribution in [3.8, 4) is 0 Å². The molecule has 0 spiro atoms. The van der Waals surface area contributed by atoms with Crippen molar-refractivity contribution in [2.75, 3.05) is 11.5 Å². The molecule has 1 aromatic carbocycles. The van der Waals surface area contributed by atoms with Crippen LogP contribution in [-0.2, 0) is 21.1 Å². The average molecular weight is 283 g/mol. The molecule has 1 fully saturated rings. The lowest BCUT2D eigenvalue weighted by Gasteiger charge is -2.18. The molecule has 1 aliphatic rings. The van der Waals surface area contributed by atoms with Crippen LogP contribution in [0, 0.1) is 0 Å². The van der Waals surface area contributed by atoms with Gasteiger partial charge in [0, 0.05) is 6.04 Å². The van der Waals surface area contributed by atoms with Crippen molar-refractivity contribution in [3.05, 3.63) is 35.9 Å². The number of nitrogens with one attached hydrogen (secondary N) is 1. The average Bonchev–Trinajstić information content (AvgIpc) is 2.69. The summed E-state index contributed by atoms with van der Waals surface area (Å²) in [5.41, 5.74) is 0.920. The molecule has 0 amide bonds. The molecular formula is C13H17NO4S. The molecule has 2 N–H and O–H groups in total. The minimum Gasteiger partial charge on any atom is -0.480 e. The molecule has 0 aromatic heterocycles. The van der Waals surface area contributed by atoms with Crippen LogP contribution in [0.3, 0.4) is 0 Å². The molecule has 1 heterocycles. The van der Waals surface area contributed by atoms with Gasteiger partial charge in [0.1, 0.15) is 6.04 Å². The molecule has 1 aromatic rings. The Kier molecular flexibility index (Phi) is 4.21. The SMILES string of the molecule is O=C(O)C(Cc1ccccc1)NC1CCS(=O)(=O)C1. The summed E-state index contributed by atoms with van der Waals surface area (Å²) in [5.74, 6) is -0.776. The first-order valence-electron chi connectivity index (χ1n) is 6.19. The van der Waals surface area contributed by atoms with Crippen LogP contribution in [0.15, 0.2) is 30.3 Å². The van der Waals surface area contributed by atoms with Crippen LogP contribution >= 0.6 is 0 Å². The first-order valence-corrected chi connectivity index (χ1v) is 8.01. The quantitative estimate of drug-likeness (QED) is 0.820. The molecular weight excluding hydrogens is 266 g/mol. The Hall–Kier alpha value is -1.40. The van der Waals surface area contributed by atoms with Crippen LogP contribution in [0.25, 0.3) is 0 Å². The van der Waals surface area contributed by atoms with Crippen LogP contribution in [0.4, 0.5) is 0 Å². The van der Waals surface area contributed by atoms with Gasteiger partial charge in [-0.2, -0.15) is 0 Å². The second-order valence-corrected chi connectivity index (χ2v) is 7.08. The van der Waals surface area contributed by atoms with Crippen molar-refractivity contribution >= 4 is 15.8 Å². The molecule has 0 aliphatic carbocycles. The number of carboxylic acid groups (broad SMARTS) is 1. The second-order valence-electron chi connectivity index (χ2n) is 4.85. The zero-order valence-electron chi connectivity index (χ0n) is 10.5. The van der Waals surface area contributed by atoms with Crippen LogP contribution in [0.1, 0.15) is 12.0 Å². The van der Waals surface area contributed by atoms with E-state index in [1.54, 1.807) is 0 Å². The third kappa shape index (κ3) is 4.04. The first-order chi connectivity index (χ1) is 8.96. The maximum atomic E-state index is 11.4. The second kappa shape index (κ2) is 5.71. The van der Waals surface area contributed by atoms with Crippen LogP contribution in [-0.4, -0.2) is 43.1 Å². The number of rotatable bonds is 5. The van der Waals surface area contributed by atoms with Crippen molar-refractivity contribution in [3.63, 3.8) is 0 Å². The minimum absolute atomic E-state index is 0.0333. The van der Waals surface area contributed by atoms with Gasteiger partial charge in [0.25, 0.3) is 0 Å². The highest BCUT2D eigenvalue weighted by atomic mass is 32.2. The lowest BCUT2D eigenvalue weighted by atomic mass is 10.0. The fraction of sp³-hybridized carbons (Fsp3) is 0.462. The summed E-state index contributed by atoms with van der Waals surface area (Å²) in [6.07, 6.45) is 0.841. The van der Waals surface area contributed by atoms with Crippen molar-refractivity contribution in [1.29, 1.82) is 0 Å². The Labute approximate surface area is 112 Å². The summed E-state index contributed by atoms with van der Waals surface area (Å²) in [6.45, 7) is 0. The van der Waals surface area contributed by atoms with Crippen LogP contribution < -0.4 is 5.32 Å². The van der Waals surface area contributed by atoms with Gasteiger partial charge in [-0.3, -0.25) is 4.79 Å². The van der Waals surface area contributed by atoms with Gasteiger partial charge in [0.15, 0.2) is 9.84 Å². The van der Waals surface area contributed by atoms with E-state index in [4.69, 9.17) is 0 Å². The van der Waals surface area contributed by atoms with E-state index in [0.29, 0.717) is 12.8 Å². The van der Waals surface area contributed by atoms with E-state index < -0.39 is 21.8 Å². The molecule has 104 valence electrons. The zero-order valence-corrected chi connectivity index (χ0v) is 11.3. The Morgan fingerprint density at radius 2 is 2.05 bits per heavy atom. The number of carboxylic acids is 1. The molecule has 19 heavy (non-hydrogen) atoms. The van der Waals surface area contributed by atoms with Gasteiger partial charge in [0.2, 0.25) is 0 Å². The molecule has 5 nitrogen and oxygen atoms in total. The van der Waals surface area contributed by atoms with E-state index >= 15 is 0 Å². The van der Waals surface area contributed by atoms with Crippen molar-refractivity contribution < 1.29 is 18.3 Å². The molecule has 1 aliphatic heterocycles. The van der Waals surface area contributed by atoms with Gasteiger partial charge >= 0.3 is 5.97 Å². The summed E-state index contributed by atoms with van der Waals surface area (Å²) in [5, 5.41) is 12.2. The molecule has 6 heteroatoms. The summed E-state index contributed by atoms with van der Waals surface area (Å²) in [4.78, 5) is 11.2. The fourth-order valence-corrected chi connectivity index (χ4v) is 3.96. The summed E-state index contributed by atoms with van der Waals surface area (Å²) in [7, 11) is -3.00. The lowest BCUT2D eigenvalue weighted by molar-refractivity contribution is -0.139. The normalized spacial score (nSPS) is 23.1. The third-order valence-corrected chi connectivity index (χ3v) is 5.02. The number of hydrogen-bond acceptors (Lipinski definition) is 4. The highest BCUT2D eigenvalue weighted by molar-refractivity contribution is 7.91. The summed E-state index contributed by atoms with van der Waals surface area (Å²) < 4.78 is 22.7. The third-order valence-electron chi connectivity index (χ3n) is 3.25. The summed E-state index contributed by atoms with van der Waals surface area (Å²) in [6, 6.07) is 8.31. The maximum Gasteiger partial charge on any atom is 0.321 e. The highest BCUT2D eigenvalue weighted by Gasteiger charge is 2.31. The number of benzene rings is 1. The smallest absolute Gasteiger partial charge is 0.321 e. The van der Waals surface area contributed by atoms with Crippen molar-refractivity contribution in [1.82, 2.24) is 5.32 Å². The topological polar surface area (TPSA) is 83.5 Å². The monoisotopic (exact) mass is 283 g/mol. The minimum atomic E-state index is -3.00. The molecule has 0 radical (unpaired) electrons. The Balaban J connectivity index is 2.00. The highest BCUT2D eigenvalue weighted by Crippen LogP contribution is 2.13. The Bertz CT molecular complexity index is 541. The molecule has 0 saturated carbocycles. The molecule has 2 atom stereocenters. The molecule has 1 saturated heterocycles. The van der Waals surface area contributed by atoms with E-state index in [1.165, 1.54) is 0 Å².